The Labute approximate surface area is 106 Å². The van der Waals surface area contributed by atoms with Crippen LogP contribution in [0.25, 0.3) is 0 Å². The van der Waals surface area contributed by atoms with Crippen molar-refractivity contribution in [1.82, 2.24) is 15.1 Å². The summed E-state index contributed by atoms with van der Waals surface area (Å²) in [6, 6.07) is 1.32. The molecule has 0 aromatic carbocycles. The number of nitrogens with zero attached hydrogens (tertiary/aromatic N) is 3. The smallest absolute Gasteiger partial charge is 0.205 e. The number of anilines is 1. The first kappa shape index (κ1) is 11.4. The molecule has 94 valence electrons. The summed E-state index contributed by atoms with van der Waals surface area (Å²) in [5, 5.41) is 14.1. The van der Waals surface area contributed by atoms with Crippen molar-refractivity contribution >= 4 is 16.5 Å². The number of rotatable bonds is 3. The van der Waals surface area contributed by atoms with E-state index in [0.717, 1.165) is 22.6 Å². The molecule has 0 radical (unpaired) electrons. The molecule has 1 aromatic rings. The number of piperidine rings is 1. The van der Waals surface area contributed by atoms with Gasteiger partial charge in [-0.2, -0.15) is 0 Å². The van der Waals surface area contributed by atoms with E-state index >= 15 is 0 Å². The van der Waals surface area contributed by atoms with Gasteiger partial charge in [-0.25, -0.2) is 0 Å². The van der Waals surface area contributed by atoms with E-state index in [4.69, 9.17) is 0 Å². The molecule has 3 heterocycles. The van der Waals surface area contributed by atoms with Gasteiger partial charge in [0.05, 0.1) is 0 Å². The zero-order chi connectivity index (χ0) is 11.7. The first-order valence-electron chi connectivity index (χ1n) is 6.70. The zero-order valence-electron chi connectivity index (χ0n) is 10.4. The standard InChI is InChI=1S/C12H20N4S/c1-2-11-14-15-12(17-11)13-9-6-8-16-7-4-3-5-10(9)16/h9-10H,2-8H2,1H3,(H,13,15). The lowest BCUT2D eigenvalue weighted by molar-refractivity contribution is 0.192. The van der Waals surface area contributed by atoms with E-state index in [1.54, 1.807) is 11.3 Å². The third-order valence-electron chi connectivity index (χ3n) is 3.93. The summed E-state index contributed by atoms with van der Waals surface area (Å²) in [4.78, 5) is 2.64. The van der Waals surface area contributed by atoms with Crippen LogP contribution in [0.4, 0.5) is 5.13 Å². The summed E-state index contributed by atoms with van der Waals surface area (Å²) in [5.74, 6) is 0. The number of aromatic nitrogens is 2. The van der Waals surface area contributed by atoms with Gasteiger partial charge in [-0.3, -0.25) is 4.90 Å². The van der Waals surface area contributed by atoms with E-state index in [1.165, 1.54) is 38.8 Å². The molecule has 1 N–H and O–H groups in total. The Morgan fingerprint density at radius 1 is 1.29 bits per heavy atom. The van der Waals surface area contributed by atoms with Crippen LogP contribution in [0.1, 0.15) is 37.6 Å². The summed E-state index contributed by atoms with van der Waals surface area (Å²) in [6.45, 7) is 4.67. The van der Waals surface area contributed by atoms with Gasteiger partial charge in [0, 0.05) is 18.6 Å². The predicted octanol–water partition coefficient (Wildman–Crippen LogP) is 2.14. The van der Waals surface area contributed by atoms with Crippen LogP contribution in [0.3, 0.4) is 0 Å². The molecule has 0 amide bonds. The Morgan fingerprint density at radius 2 is 2.24 bits per heavy atom. The molecule has 17 heavy (non-hydrogen) atoms. The highest BCUT2D eigenvalue weighted by molar-refractivity contribution is 7.15. The highest BCUT2D eigenvalue weighted by atomic mass is 32.1. The van der Waals surface area contributed by atoms with E-state index in [-0.39, 0.29) is 0 Å². The summed E-state index contributed by atoms with van der Waals surface area (Å²) in [5.41, 5.74) is 0. The van der Waals surface area contributed by atoms with Gasteiger partial charge in [0.15, 0.2) is 0 Å². The largest absolute Gasteiger partial charge is 0.356 e. The van der Waals surface area contributed by atoms with Crippen molar-refractivity contribution in [2.24, 2.45) is 0 Å². The van der Waals surface area contributed by atoms with Crippen molar-refractivity contribution < 1.29 is 0 Å². The lowest BCUT2D eigenvalue weighted by Crippen LogP contribution is -2.41. The second kappa shape index (κ2) is 4.90. The van der Waals surface area contributed by atoms with E-state index in [9.17, 15) is 0 Å². The van der Waals surface area contributed by atoms with Gasteiger partial charge >= 0.3 is 0 Å². The third kappa shape index (κ3) is 2.31. The van der Waals surface area contributed by atoms with Gasteiger partial charge in [-0.15, -0.1) is 10.2 Å². The van der Waals surface area contributed by atoms with Crippen molar-refractivity contribution in [3.8, 4) is 0 Å². The SMILES string of the molecule is CCc1nnc(NC2CCN3CCCCC23)s1. The topological polar surface area (TPSA) is 41.1 Å². The molecule has 0 bridgehead atoms. The minimum Gasteiger partial charge on any atom is -0.356 e. The van der Waals surface area contributed by atoms with Gasteiger partial charge in [-0.05, 0) is 32.2 Å². The van der Waals surface area contributed by atoms with E-state index in [0.29, 0.717) is 6.04 Å². The highest BCUT2D eigenvalue weighted by Crippen LogP contribution is 2.30. The molecular weight excluding hydrogens is 232 g/mol. The number of hydrogen-bond acceptors (Lipinski definition) is 5. The minimum atomic E-state index is 0.591. The maximum Gasteiger partial charge on any atom is 0.205 e. The van der Waals surface area contributed by atoms with Crippen LogP contribution in [0.2, 0.25) is 0 Å². The summed E-state index contributed by atoms with van der Waals surface area (Å²) in [7, 11) is 0. The van der Waals surface area contributed by atoms with Crippen LogP contribution in [0, 0.1) is 0 Å². The fraction of sp³-hybridized carbons (Fsp3) is 0.833. The van der Waals surface area contributed by atoms with Crippen LogP contribution >= 0.6 is 11.3 Å². The fourth-order valence-electron chi connectivity index (χ4n) is 3.03. The second-order valence-corrected chi connectivity index (χ2v) is 6.06. The fourth-order valence-corrected chi connectivity index (χ4v) is 3.77. The maximum atomic E-state index is 4.23. The van der Waals surface area contributed by atoms with Crippen LogP contribution in [-0.2, 0) is 6.42 Å². The Bertz CT molecular complexity index is 378. The molecule has 0 spiro atoms. The molecular formula is C12H20N4S. The third-order valence-corrected chi connectivity index (χ3v) is 4.93. The van der Waals surface area contributed by atoms with Crippen molar-refractivity contribution in [1.29, 1.82) is 0 Å². The molecule has 2 saturated heterocycles. The highest BCUT2D eigenvalue weighted by Gasteiger charge is 2.35. The first-order valence-corrected chi connectivity index (χ1v) is 7.51. The Balaban J connectivity index is 1.65. The summed E-state index contributed by atoms with van der Waals surface area (Å²) in [6.07, 6.45) is 6.35. The lowest BCUT2D eigenvalue weighted by Gasteiger charge is -2.32. The van der Waals surface area contributed by atoms with Crippen molar-refractivity contribution in [3.63, 3.8) is 0 Å². The van der Waals surface area contributed by atoms with Crippen LogP contribution in [0.15, 0.2) is 0 Å². The quantitative estimate of drug-likeness (QED) is 0.895. The molecule has 2 atom stereocenters. The molecule has 2 aliphatic heterocycles. The van der Waals surface area contributed by atoms with E-state index in [2.05, 4.69) is 27.3 Å². The number of aryl methyl sites for hydroxylation is 1. The van der Waals surface area contributed by atoms with Crippen molar-refractivity contribution in [2.75, 3.05) is 18.4 Å². The predicted molar refractivity (Wildman–Crippen MR) is 70.5 cm³/mol. The normalized spacial score (nSPS) is 29.2. The van der Waals surface area contributed by atoms with E-state index < -0.39 is 0 Å². The monoisotopic (exact) mass is 252 g/mol. The molecule has 5 heteroatoms. The Hall–Kier alpha value is -0.680. The molecule has 2 aliphatic rings. The van der Waals surface area contributed by atoms with Crippen molar-refractivity contribution in [3.05, 3.63) is 5.01 Å². The summed E-state index contributed by atoms with van der Waals surface area (Å²) >= 11 is 1.71. The van der Waals surface area contributed by atoms with Crippen LogP contribution < -0.4 is 5.32 Å². The molecule has 2 fully saturated rings. The molecule has 0 aliphatic carbocycles. The summed E-state index contributed by atoms with van der Waals surface area (Å²) < 4.78 is 0. The first-order chi connectivity index (χ1) is 8.36. The van der Waals surface area contributed by atoms with Crippen LogP contribution in [-0.4, -0.2) is 40.3 Å². The number of hydrogen-bond donors (Lipinski definition) is 1. The molecule has 1 aromatic heterocycles. The number of fused-ring (bicyclic) bond motifs is 1. The molecule has 3 rings (SSSR count). The van der Waals surface area contributed by atoms with Gasteiger partial charge in [0.25, 0.3) is 0 Å². The van der Waals surface area contributed by atoms with Gasteiger partial charge in [-0.1, -0.05) is 24.7 Å². The van der Waals surface area contributed by atoms with Gasteiger partial charge in [0.1, 0.15) is 5.01 Å². The van der Waals surface area contributed by atoms with Gasteiger partial charge < -0.3 is 5.32 Å². The molecule has 4 nitrogen and oxygen atoms in total. The number of nitrogens with one attached hydrogen (secondary N) is 1. The Kier molecular flexibility index (Phi) is 3.29. The van der Waals surface area contributed by atoms with E-state index in [1.807, 2.05) is 0 Å². The molecule has 0 saturated carbocycles. The minimum absolute atomic E-state index is 0.591. The van der Waals surface area contributed by atoms with Gasteiger partial charge in [0.2, 0.25) is 5.13 Å². The lowest BCUT2D eigenvalue weighted by atomic mass is 9.99. The van der Waals surface area contributed by atoms with Crippen LogP contribution in [0.5, 0.6) is 0 Å². The molecule has 2 unspecified atom stereocenters. The van der Waals surface area contributed by atoms with Crippen molar-refractivity contribution in [2.45, 2.75) is 51.1 Å². The average Bonchev–Trinajstić information content (AvgIpc) is 2.97. The zero-order valence-corrected chi connectivity index (χ0v) is 11.2. The second-order valence-electron chi connectivity index (χ2n) is 4.99. The maximum absolute atomic E-state index is 4.23. The average molecular weight is 252 g/mol. The Morgan fingerprint density at radius 3 is 3.06 bits per heavy atom.